The van der Waals surface area contributed by atoms with Crippen molar-refractivity contribution >= 4 is 5.78 Å². The van der Waals surface area contributed by atoms with Gasteiger partial charge in [0.15, 0.2) is 0 Å². The third-order valence-electron chi connectivity index (χ3n) is 6.14. The SMILES string of the molecule is COc1ccc(CC(=O)C2C3CC4CC(C3)CC2C4)cc1. The molecule has 1 aromatic rings. The molecule has 4 aliphatic carbocycles. The first-order valence-electron chi connectivity index (χ1n) is 8.38. The lowest BCUT2D eigenvalue weighted by atomic mass is 9.51. The molecular formula is C19H24O2. The number of hydrogen-bond donors (Lipinski definition) is 0. The van der Waals surface area contributed by atoms with Crippen LogP contribution in [0.25, 0.3) is 0 Å². The molecule has 21 heavy (non-hydrogen) atoms. The first-order valence-corrected chi connectivity index (χ1v) is 8.38. The van der Waals surface area contributed by atoms with Crippen LogP contribution in [-0.2, 0) is 11.2 Å². The second-order valence-electron chi connectivity index (χ2n) is 7.45. The molecule has 2 nitrogen and oxygen atoms in total. The van der Waals surface area contributed by atoms with Crippen molar-refractivity contribution in [2.75, 3.05) is 7.11 Å². The minimum absolute atomic E-state index is 0.361. The molecule has 2 heteroatoms. The van der Waals surface area contributed by atoms with E-state index in [1.54, 1.807) is 7.11 Å². The Hall–Kier alpha value is -1.31. The molecule has 0 aromatic heterocycles. The van der Waals surface area contributed by atoms with Crippen molar-refractivity contribution in [3.05, 3.63) is 29.8 Å². The number of methoxy groups -OCH3 is 1. The molecule has 0 saturated heterocycles. The number of ketones is 1. The minimum Gasteiger partial charge on any atom is -0.497 e. The van der Waals surface area contributed by atoms with Crippen LogP contribution >= 0.6 is 0 Å². The Labute approximate surface area is 126 Å². The van der Waals surface area contributed by atoms with Crippen molar-refractivity contribution in [2.24, 2.45) is 29.6 Å². The Bertz CT molecular complexity index is 503. The van der Waals surface area contributed by atoms with Gasteiger partial charge in [-0.3, -0.25) is 4.79 Å². The van der Waals surface area contributed by atoms with E-state index < -0.39 is 0 Å². The standard InChI is InChI=1S/C19H24O2/c1-21-17-4-2-12(3-5-17)11-18(20)19-15-7-13-6-14(9-15)10-16(19)8-13/h2-5,13-16,19H,6-11H2,1H3. The normalized spacial score (nSPS) is 36.7. The average molecular weight is 284 g/mol. The lowest BCUT2D eigenvalue weighted by Crippen LogP contribution is -2.48. The number of carbonyl (C=O) groups excluding carboxylic acids is 1. The fraction of sp³-hybridized carbons (Fsp3) is 0.632. The molecule has 0 unspecified atom stereocenters. The Morgan fingerprint density at radius 2 is 1.57 bits per heavy atom. The van der Waals surface area contributed by atoms with E-state index >= 15 is 0 Å². The van der Waals surface area contributed by atoms with Gasteiger partial charge in [0.05, 0.1) is 7.11 Å². The molecule has 4 saturated carbocycles. The Morgan fingerprint density at radius 3 is 2.10 bits per heavy atom. The summed E-state index contributed by atoms with van der Waals surface area (Å²) < 4.78 is 5.18. The van der Waals surface area contributed by atoms with Gasteiger partial charge in [0.1, 0.15) is 11.5 Å². The van der Waals surface area contributed by atoms with Crippen LogP contribution in [0.1, 0.15) is 37.7 Å². The van der Waals surface area contributed by atoms with Gasteiger partial charge < -0.3 is 4.74 Å². The summed E-state index contributed by atoms with van der Waals surface area (Å²) >= 11 is 0. The molecule has 0 aliphatic heterocycles. The Balaban J connectivity index is 1.47. The van der Waals surface area contributed by atoms with Crippen molar-refractivity contribution in [1.29, 1.82) is 0 Å². The Kier molecular flexibility index (Phi) is 3.28. The van der Waals surface area contributed by atoms with Crippen molar-refractivity contribution in [3.8, 4) is 5.75 Å². The minimum atomic E-state index is 0.361. The number of benzene rings is 1. The zero-order valence-corrected chi connectivity index (χ0v) is 12.8. The third kappa shape index (κ3) is 2.39. The summed E-state index contributed by atoms with van der Waals surface area (Å²) in [6.07, 6.45) is 7.36. The Morgan fingerprint density at radius 1 is 1.00 bits per heavy atom. The van der Waals surface area contributed by atoms with E-state index in [2.05, 4.69) is 0 Å². The van der Waals surface area contributed by atoms with Gasteiger partial charge in [0.2, 0.25) is 0 Å². The molecule has 0 heterocycles. The average Bonchev–Trinajstić information content (AvgIpc) is 2.47. The molecule has 0 radical (unpaired) electrons. The summed E-state index contributed by atoms with van der Waals surface area (Å²) in [5, 5.41) is 0. The van der Waals surface area contributed by atoms with Gasteiger partial charge in [-0.05, 0) is 73.5 Å². The van der Waals surface area contributed by atoms with Crippen LogP contribution in [0.4, 0.5) is 0 Å². The largest absolute Gasteiger partial charge is 0.497 e. The van der Waals surface area contributed by atoms with E-state index in [1.807, 2.05) is 24.3 Å². The first-order chi connectivity index (χ1) is 10.2. The highest BCUT2D eigenvalue weighted by Crippen LogP contribution is 2.56. The summed E-state index contributed by atoms with van der Waals surface area (Å²) in [5.41, 5.74) is 1.13. The molecule has 4 bridgehead atoms. The van der Waals surface area contributed by atoms with Gasteiger partial charge in [-0.15, -0.1) is 0 Å². The molecule has 0 spiro atoms. The van der Waals surface area contributed by atoms with Crippen molar-refractivity contribution in [1.82, 2.24) is 0 Å². The van der Waals surface area contributed by atoms with E-state index in [0.717, 1.165) is 23.1 Å². The molecular weight excluding hydrogens is 260 g/mol. The van der Waals surface area contributed by atoms with Crippen LogP contribution in [0.15, 0.2) is 24.3 Å². The van der Waals surface area contributed by atoms with Gasteiger partial charge in [0.25, 0.3) is 0 Å². The highest BCUT2D eigenvalue weighted by molar-refractivity contribution is 5.84. The monoisotopic (exact) mass is 284 g/mol. The van der Waals surface area contributed by atoms with Crippen molar-refractivity contribution in [3.63, 3.8) is 0 Å². The second kappa shape index (κ2) is 5.15. The van der Waals surface area contributed by atoms with Crippen LogP contribution in [-0.4, -0.2) is 12.9 Å². The number of ether oxygens (including phenoxy) is 1. The molecule has 5 rings (SSSR count). The number of hydrogen-bond acceptors (Lipinski definition) is 2. The van der Waals surface area contributed by atoms with Gasteiger partial charge in [-0.25, -0.2) is 0 Å². The predicted molar refractivity (Wildman–Crippen MR) is 82.2 cm³/mol. The quantitative estimate of drug-likeness (QED) is 0.838. The maximum absolute atomic E-state index is 12.8. The van der Waals surface area contributed by atoms with Crippen molar-refractivity contribution in [2.45, 2.75) is 38.5 Å². The molecule has 1 aromatic carbocycles. The fourth-order valence-electron chi connectivity index (χ4n) is 5.51. The lowest BCUT2D eigenvalue weighted by molar-refractivity contribution is -0.135. The molecule has 112 valence electrons. The van der Waals surface area contributed by atoms with Gasteiger partial charge in [0, 0.05) is 12.3 Å². The van der Waals surface area contributed by atoms with Crippen LogP contribution in [0, 0.1) is 29.6 Å². The maximum Gasteiger partial charge on any atom is 0.140 e. The van der Waals surface area contributed by atoms with Crippen LogP contribution in [0.3, 0.4) is 0 Å². The van der Waals surface area contributed by atoms with Crippen LogP contribution < -0.4 is 4.74 Å². The van der Waals surface area contributed by atoms with E-state index in [9.17, 15) is 4.79 Å². The highest BCUT2D eigenvalue weighted by Gasteiger charge is 2.50. The topological polar surface area (TPSA) is 26.3 Å². The fourth-order valence-corrected chi connectivity index (χ4v) is 5.51. The van der Waals surface area contributed by atoms with E-state index in [1.165, 1.54) is 32.1 Å². The zero-order valence-electron chi connectivity index (χ0n) is 12.8. The van der Waals surface area contributed by atoms with Gasteiger partial charge in [-0.1, -0.05) is 12.1 Å². The smallest absolute Gasteiger partial charge is 0.140 e. The third-order valence-corrected chi connectivity index (χ3v) is 6.14. The predicted octanol–water partition coefficient (Wildman–Crippen LogP) is 3.88. The molecule has 0 N–H and O–H groups in total. The first kappa shape index (κ1) is 13.4. The molecule has 0 amide bonds. The summed E-state index contributed by atoms with van der Waals surface area (Å²) in [6.45, 7) is 0. The van der Waals surface area contributed by atoms with E-state index in [0.29, 0.717) is 30.0 Å². The second-order valence-corrected chi connectivity index (χ2v) is 7.45. The number of carbonyl (C=O) groups is 1. The van der Waals surface area contributed by atoms with E-state index in [4.69, 9.17) is 4.74 Å². The summed E-state index contributed by atoms with van der Waals surface area (Å²) in [4.78, 5) is 12.8. The van der Waals surface area contributed by atoms with E-state index in [-0.39, 0.29) is 0 Å². The molecule has 4 fully saturated rings. The number of Topliss-reactive ketones (excluding diaryl/α,β-unsaturated/α-hetero) is 1. The lowest BCUT2D eigenvalue weighted by Gasteiger charge is -2.53. The molecule has 4 aliphatic rings. The summed E-state index contributed by atoms with van der Waals surface area (Å²) in [7, 11) is 1.68. The highest BCUT2D eigenvalue weighted by atomic mass is 16.5. The maximum atomic E-state index is 12.8. The van der Waals surface area contributed by atoms with Crippen molar-refractivity contribution < 1.29 is 9.53 Å². The summed E-state index contributed by atoms with van der Waals surface area (Å²) in [5.74, 6) is 5.00. The summed E-state index contributed by atoms with van der Waals surface area (Å²) in [6, 6.07) is 7.98. The van der Waals surface area contributed by atoms with Gasteiger partial charge in [-0.2, -0.15) is 0 Å². The number of rotatable bonds is 4. The van der Waals surface area contributed by atoms with Crippen LogP contribution in [0.2, 0.25) is 0 Å². The zero-order chi connectivity index (χ0) is 14.4. The van der Waals surface area contributed by atoms with Gasteiger partial charge >= 0.3 is 0 Å². The van der Waals surface area contributed by atoms with Crippen LogP contribution in [0.5, 0.6) is 5.75 Å². The molecule has 0 atom stereocenters.